The summed E-state index contributed by atoms with van der Waals surface area (Å²) in [6.45, 7) is 3.97. The Morgan fingerprint density at radius 3 is 2.23 bits per heavy atom. The molecule has 0 saturated heterocycles. The molecule has 0 aromatic heterocycles. The van der Waals surface area contributed by atoms with E-state index < -0.39 is 23.8 Å². The van der Waals surface area contributed by atoms with E-state index in [2.05, 4.69) is 10.6 Å². The molecular weight excluding hydrogens is 543 g/mol. The van der Waals surface area contributed by atoms with Crippen LogP contribution in [0.2, 0.25) is 10.0 Å². The van der Waals surface area contributed by atoms with Crippen molar-refractivity contribution in [2.45, 2.75) is 45.6 Å². The SMILES string of the molecule is COC(=O)C1CC/C(=C/C(=O)NC(Cc2ccc(NC(=O)c3c(Cl)cccc3Cl)cc2)C(=O)OC)C(C)(C)C1. The van der Waals surface area contributed by atoms with Gasteiger partial charge in [-0.1, -0.05) is 60.8 Å². The van der Waals surface area contributed by atoms with E-state index in [1.54, 1.807) is 42.5 Å². The van der Waals surface area contributed by atoms with Crippen molar-refractivity contribution in [2.24, 2.45) is 11.3 Å². The summed E-state index contributed by atoms with van der Waals surface area (Å²) in [6.07, 6.45) is 3.45. The van der Waals surface area contributed by atoms with Crippen LogP contribution in [0.4, 0.5) is 5.69 Å². The van der Waals surface area contributed by atoms with E-state index in [9.17, 15) is 19.2 Å². The molecule has 39 heavy (non-hydrogen) atoms. The summed E-state index contributed by atoms with van der Waals surface area (Å²) in [6, 6.07) is 10.7. The van der Waals surface area contributed by atoms with Crippen LogP contribution in [0.15, 0.2) is 54.1 Å². The number of rotatable bonds is 8. The minimum absolute atomic E-state index is 0.175. The lowest BCUT2D eigenvalue weighted by atomic mass is 9.68. The minimum Gasteiger partial charge on any atom is -0.469 e. The fourth-order valence-electron chi connectivity index (χ4n) is 4.73. The summed E-state index contributed by atoms with van der Waals surface area (Å²) in [5, 5.41) is 5.97. The molecule has 1 aliphatic carbocycles. The Kier molecular flexibility index (Phi) is 10.2. The second-order valence-electron chi connectivity index (χ2n) is 10.1. The Bertz CT molecular complexity index is 1250. The molecule has 2 aromatic rings. The zero-order chi connectivity index (χ0) is 28.7. The van der Waals surface area contributed by atoms with Gasteiger partial charge in [0.25, 0.3) is 5.91 Å². The first-order valence-corrected chi connectivity index (χ1v) is 13.2. The lowest BCUT2D eigenvalue weighted by Gasteiger charge is -2.36. The molecule has 8 nitrogen and oxygen atoms in total. The number of esters is 2. The fraction of sp³-hybridized carbons (Fsp3) is 0.379. The van der Waals surface area contributed by atoms with Crippen molar-refractivity contribution in [2.75, 3.05) is 19.5 Å². The molecule has 2 unspecified atom stereocenters. The van der Waals surface area contributed by atoms with Crippen LogP contribution in [0, 0.1) is 11.3 Å². The Labute approximate surface area is 238 Å². The van der Waals surface area contributed by atoms with Crippen LogP contribution in [0.3, 0.4) is 0 Å². The van der Waals surface area contributed by atoms with Crippen LogP contribution < -0.4 is 10.6 Å². The molecule has 2 atom stereocenters. The molecule has 2 amide bonds. The predicted octanol–water partition coefficient (Wildman–Crippen LogP) is 5.37. The van der Waals surface area contributed by atoms with Gasteiger partial charge < -0.3 is 20.1 Å². The Balaban J connectivity index is 1.67. The first-order valence-electron chi connectivity index (χ1n) is 12.5. The van der Waals surface area contributed by atoms with E-state index in [1.165, 1.54) is 20.3 Å². The van der Waals surface area contributed by atoms with Crippen molar-refractivity contribution in [3.05, 3.63) is 75.3 Å². The van der Waals surface area contributed by atoms with E-state index in [-0.39, 0.29) is 39.3 Å². The third kappa shape index (κ3) is 7.83. The van der Waals surface area contributed by atoms with Crippen LogP contribution >= 0.6 is 23.2 Å². The van der Waals surface area contributed by atoms with E-state index in [4.69, 9.17) is 32.7 Å². The third-order valence-corrected chi connectivity index (χ3v) is 7.50. The van der Waals surface area contributed by atoms with Gasteiger partial charge in [-0.05, 0) is 54.5 Å². The van der Waals surface area contributed by atoms with E-state index in [0.717, 1.165) is 11.1 Å². The van der Waals surface area contributed by atoms with Crippen LogP contribution in [0.1, 0.15) is 49.0 Å². The van der Waals surface area contributed by atoms with E-state index >= 15 is 0 Å². The average Bonchev–Trinajstić information content (AvgIpc) is 2.89. The smallest absolute Gasteiger partial charge is 0.328 e. The number of amides is 2. The number of nitrogens with one attached hydrogen (secondary N) is 2. The van der Waals surface area contributed by atoms with Gasteiger partial charge in [0.15, 0.2) is 0 Å². The van der Waals surface area contributed by atoms with E-state index in [1.807, 2.05) is 13.8 Å². The number of ether oxygens (including phenoxy) is 2. The second kappa shape index (κ2) is 13.1. The molecule has 10 heteroatoms. The molecule has 2 aromatic carbocycles. The number of methoxy groups -OCH3 is 2. The van der Waals surface area contributed by atoms with Crippen molar-refractivity contribution < 1.29 is 28.7 Å². The van der Waals surface area contributed by atoms with Crippen LogP contribution in [0.5, 0.6) is 0 Å². The predicted molar refractivity (Wildman–Crippen MR) is 150 cm³/mol. The maximum Gasteiger partial charge on any atom is 0.328 e. The number of allylic oxidation sites excluding steroid dienone is 1. The molecule has 0 radical (unpaired) electrons. The molecule has 0 bridgehead atoms. The lowest BCUT2D eigenvalue weighted by molar-refractivity contribution is -0.147. The zero-order valence-corrected chi connectivity index (χ0v) is 23.8. The summed E-state index contributed by atoms with van der Waals surface area (Å²) in [5.74, 6) is -1.89. The summed E-state index contributed by atoms with van der Waals surface area (Å²) in [5.41, 5.74) is 1.96. The molecule has 1 aliphatic rings. The molecule has 208 valence electrons. The van der Waals surface area contributed by atoms with Gasteiger partial charge in [-0.2, -0.15) is 0 Å². The minimum atomic E-state index is -0.920. The summed E-state index contributed by atoms with van der Waals surface area (Å²) < 4.78 is 9.79. The van der Waals surface area contributed by atoms with Crippen molar-refractivity contribution in [3.63, 3.8) is 0 Å². The zero-order valence-electron chi connectivity index (χ0n) is 22.3. The second-order valence-corrected chi connectivity index (χ2v) is 10.9. The number of hydrogen-bond acceptors (Lipinski definition) is 6. The first kappa shape index (κ1) is 30.2. The Morgan fingerprint density at radius 2 is 1.67 bits per heavy atom. The van der Waals surface area contributed by atoms with Crippen LogP contribution in [-0.2, 0) is 30.3 Å². The highest BCUT2D eigenvalue weighted by Crippen LogP contribution is 2.43. The number of carbonyl (C=O) groups excluding carboxylic acids is 4. The number of anilines is 1. The van der Waals surface area contributed by atoms with Gasteiger partial charge in [0.05, 0.1) is 35.7 Å². The lowest BCUT2D eigenvalue weighted by Crippen LogP contribution is -2.43. The topological polar surface area (TPSA) is 111 Å². The van der Waals surface area contributed by atoms with Gasteiger partial charge in [0, 0.05) is 18.2 Å². The quantitative estimate of drug-likeness (QED) is 0.324. The molecule has 1 saturated carbocycles. The third-order valence-electron chi connectivity index (χ3n) is 6.87. The number of hydrogen-bond donors (Lipinski definition) is 2. The van der Waals surface area contributed by atoms with Crippen molar-refractivity contribution in [1.29, 1.82) is 0 Å². The standard InChI is InChI=1S/C29H32Cl2N2O6/c1-29(2)16-18(27(36)38-3)10-11-19(29)15-24(34)33-23(28(37)39-4)14-17-8-12-20(13-9-17)32-26(35)25-21(30)6-5-7-22(25)31/h5-9,12-13,15,18,23H,10-11,14,16H2,1-4H3,(H,32,35)(H,33,34)/b19-15-. The molecule has 2 N–H and O–H groups in total. The molecule has 0 aliphatic heterocycles. The number of benzene rings is 2. The largest absolute Gasteiger partial charge is 0.469 e. The molecule has 0 heterocycles. The van der Waals surface area contributed by atoms with Crippen molar-refractivity contribution in [1.82, 2.24) is 5.32 Å². The Hall–Kier alpha value is -3.36. The number of halogens is 2. The molecular formula is C29H32Cl2N2O6. The highest BCUT2D eigenvalue weighted by molar-refractivity contribution is 6.40. The van der Waals surface area contributed by atoms with Gasteiger partial charge >= 0.3 is 11.9 Å². The van der Waals surface area contributed by atoms with Gasteiger partial charge in [0.1, 0.15) is 6.04 Å². The highest BCUT2D eigenvalue weighted by Gasteiger charge is 2.36. The van der Waals surface area contributed by atoms with Gasteiger partial charge in [-0.25, -0.2) is 4.79 Å². The first-order chi connectivity index (χ1) is 18.4. The normalized spacial score (nSPS) is 18.1. The molecule has 3 rings (SSSR count). The van der Waals surface area contributed by atoms with Crippen molar-refractivity contribution >= 4 is 52.6 Å². The number of carbonyl (C=O) groups is 4. The van der Waals surface area contributed by atoms with Crippen LogP contribution in [-0.4, -0.2) is 44.0 Å². The van der Waals surface area contributed by atoms with Crippen molar-refractivity contribution in [3.8, 4) is 0 Å². The monoisotopic (exact) mass is 574 g/mol. The van der Waals surface area contributed by atoms with Gasteiger partial charge in [-0.15, -0.1) is 0 Å². The fourth-order valence-corrected chi connectivity index (χ4v) is 5.30. The summed E-state index contributed by atoms with van der Waals surface area (Å²) in [4.78, 5) is 50.0. The van der Waals surface area contributed by atoms with Gasteiger partial charge in [0.2, 0.25) is 5.91 Å². The summed E-state index contributed by atoms with van der Waals surface area (Å²) >= 11 is 12.2. The average molecular weight is 575 g/mol. The molecule has 1 fully saturated rings. The molecule has 0 spiro atoms. The van der Waals surface area contributed by atoms with Gasteiger partial charge in [-0.3, -0.25) is 14.4 Å². The summed E-state index contributed by atoms with van der Waals surface area (Å²) in [7, 11) is 2.64. The van der Waals surface area contributed by atoms with Crippen LogP contribution in [0.25, 0.3) is 0 Å². The maximum absolute atomic E-state index is 12.9. The highest BCUT2D eigenvalue weighted by atomic mass is 35.5. The Morgan fingerprint density at radius 1 is 1.03 bits per heavy atom. The van der Waals surface area contributed by atoms with E-state index in [0.29, 0.717) is 24.9 Å². The maximum atomic E-state index is 12.9.